The van der Waals surface area contributed by atoms with Crippen LogP contribution < -0.4 is 21.1 Å². The first kappa shape index (κ1) is 18.6. The number of benzene rings is 2. The van der Waals surface area contributed by atoms with Crippen molar-refractivity contribution in [2.24, 2.45) is 10.7 Å². The zero-order valence-electron chi connectivity index (χ0n) is 17.6. The number of methoxy groups -OCH3 is 1. The zero-order chi connectivity index (χ0) is 22.4. The van der Waals surface area contributed by atoms with Crippen molar-refractivity contribution in [1.82, 2.24) is 15.5 Å². The summed E-state index contributed by atoms with van der Waals surface area (Å²) >= 11 is 0. The van der Waals surface area contributed by atoms with Crippen LogP contribution in [-0.4, -0.2) is 38.2 Å². The molecule has 30 heavy (non-hydrogen) atoms. The number of hydrogen-bond donors (Lipinski definition) is 4. The summed E-state index contributed by atoms with van der Waals surface area (Å²) in [6, 6.07) is 8.24. The molecule has 0 fully saturated rings. The van der Waals surface area contributed by atoms with Crippen LogP contribution in [0.25, 0.3) is 10.9 Å². The average Bonchev–Trinajstić information content (AvgIpc) is 3.07. The fourth-order valence-corrected chi connectivity index (χ4v) is 3.83. The van der Waals surface area contributed by atoms with Gasteiger partial charge in [0, 0.05) is 29.2 Å². The van der Waals surface area contributed by atoms with Gasteiger partial charge in [0.1, 0.15) is 11.6 Å². The van der Waals surface area contributed by atoms with E-state index >= 15 is 0 Å². The maximum atomic E-state index is 12.1. The molecule has 3 aromatic rings. The largest absolute Gasteiger partial charge is 0.496 e. The quantitative estimate of drug-likeness (QED) is 0.489. The van der Waals surface area contributed by atoms with Crippen LogP contribution in [0.1, 0.15) is 12.6 Å². The van der Waals surface area contributed by atoms with Crippen LogP contribution in [0, 0.1) is 6.92 Å². The van der Waals surface area contributed by atoms with Gasteiger partial charge in [0.2, 0.25) is 5.79 Å². The number of ether oxygens (including phenoxy) is 1. The Bertz CT molecular complexity index is 1350. The summed E-state index contributed by atoms with van der Waals surface area (Å²) in [6.07, 6.45) is 4.27. The van der Waals surface area contributed by atoms with E-state index in [9.17, 15) is 8.42 Å². The van der Waals surface area contributed by atoms with Gasteiger partial charge in [-0.3, -0.25) is 10.8 Å². The molecule has 1 aliphatic heterocycles. The van der Waals surface area contributed by atoms with Gasteiger partial charge in [-0.05, 0) is 49.4 Å². The average molecular weight is 428 g/mol. The van der Waals surface area contributed by atoms with E-state index in [0.717, 1.165) is 28.5 Å². The van der Waals surface area contributed by atoms with Gasteiger partial charge in [-0.1, -0.05) is 0 Å². The van der Waals surface area contributed by atoms with Gasteiger partial charge < -0.3 is 15.4 Å². The van der Waals surface area contributed by atoms with E-state index < -0.39 is 15.6 Å². The fourth-order valence-electron chi connectivity index (χ4n) is 3.23. The van der Waals surface area contributed by atoms with Crippen LogP contribution in [0.15, 0.2) is 58.2 Å². The van der Waals surface area contributed by atoms with Gasteiger partial charge in [0.05, 0.1) is 24.5 Å². The predicted molar refractivity (Wildman–Crippen MR) is 116 cm³/mol. The van der Waals surface area contributed by atoms with Crippen LogP contribution in [-0.2, 0) is 15.6 Å². The standard InChI is InChI=1S/C20H22N6O3S/c1-12-15-6-4-13(10-17(15)26-25-12)23-19-8-9-22-20(21,24-19)16-11-14(30(3,27)28)5-7-18(16)29-2/h4-11,23-24H,21H2,1-3H3,(H,25,26)/i7D. The Hall–Kier alpha value is -3.37. The van der Waals surface area contributed by atoms with Crippen molar-refractivity contribution in [2.45, 2.75) is 17.6 Å². The summed E-state index contributed by atoms with van der Waals surface area (Å²) in [6.45, 7) is 1.95. The topological polar surface area (TPSA) is 134 Å². The Morgan fingerprint density at radius 3 is 2.83 bits per heavy atom. The molecule has 0 amide bonds. The number of nitrogens with two attached hydrogens (primary N) is 1. The number of hydrogen-bond acceptors (Lipinski definition) is 8. The molecule has 0 radical (unpaired) electrons. The first-order chi connectivity index (χ1) is 14.6. The highest BCUT2D eigenvalue weighted by Crippen LogP contribution is 2.32. The van der Waals surface area contributed by atoms with Gasteiger partial charge in [-0.2, -0.15) is 5.10 Å². The summed E-state index contributed by atoms with van der Waals surface area (Å²) in [4.78, 5) is 4.26. The van der Waals surface area contributed by atoms with Crippen molar-refractivity contribution >= 4 is 32.6 Å². The summed E-state index contributed by atoms with van der Waals surface area (Å²) in [5, 5.41) is 14.5. The second-order valence-corrected chi connectivity index (χ2v) is 9.03. The van der Waals surface area contributed by atoms with Crippen molar-refractivity contribution in [3.63, 3.8) is 0 Å². The third-order valence-corrected chi connectivity index (χ3v) is 5.88. The Morgan fingerprint density at radius 2 is 2.10 bits per heavy atom. The molecule has 1 aromatic heterocycles. The number of sulfone groups is 1. The molecule has 2 heterocycles. The SMILES string of the molecule is [2H]c1cc(S(C)(=O)=O)cc(C2(N)N=CC=C(Nc3ccc4c(C)[nH]nc4c3)N2)c1OC. The van der Waals surface area contributed by atoms with Gasteiger partial charge in [0.15, 0.2) is 9.84 Å². The molecule has 9 nitrogen and oxygen atoms in total. The zero-order valence-corrected chi connectivity index (χ0v) is 17.5. The fraction of sp³-hybridized carbons (Fsp3) is 0.200. The Labute approximate surface area is 175 Å². The first-order valence-corrected chi connectivity index (χ1v) is 10.9. The van der Waals surface area contributed by atoms with E-state index in [2.05, 4.69) is 25.8 Å². The number of aromatic amines is 1. The molecule has 0 bridgehead atoms. The van der Waals surface area contributed by atoms with Gasteiger partial charge in [0.25, 0.3) is 0 Å². The van der Waals surface area contributed by atoms with E-state index in [4.69, 9.17) is 11.8 Å². The molecule has 4 rings (SSSR count). The molecular weight excluding hydrogens is 404 g/mol. The normalized spacial score (nSPS) is 19.2. The summed E-state index contributed by atoms with van der Waals surface area (Å²) in [5.74, 6) is -0.886. The summed E-state index contributed by atoms with van der Waals surface area (Å²) in [5.41, 5.74) is 9.30. The highest BCUT2D eigenvalue weighted by Gasteiger charge is 2.33. The minimum Gasteiger partial charge on any atom is -0.496 e. The maximum Gasteiger partial charge on any atom is 0.213 e. The molecular formula is C20H22N6O3S. The predicted octanol–water partition coefficient (Wildman–Crippen LogP) is 1.98. The van der Waals surface area contributed by atoms with Crippen molar-refractivity contribution < 1.29 is 14.5 Å². The van der Waals surface area contributed by atoms with Crippen molar-refractivity contribution in [2.75, 3.05) is 18.7 Å². The van der Waals surface area contributed by atoms with E-state index in [1.807, 2.05) is 25.1 Å². The number of aliphatic imine (C=N–C) groups is 1. The highest BCUT2D eigenvalue weighted by molar-refractivity contribution is 7.90. The van der Waals surface area contributed by atoms with Crippen molar-refractivity contribution in [3.05, 3.63) is 59.5 Å². The number of anilines is 1. The first-order valence-electron chi connectivity index (χ1n) is 9.54. The lowest BCUT2D eigenvalue weighted by Crippen LogP contribution is -2.51. The van der Waals surface area contributed by atoms with E-state index in [-0.39, 0.29) is 22.3 Å². The lowest BCUT2D eigenvalue weighted by Gasteiger charge is -2.32. The van der Waals surface area contributed by atoms with E-state index in [1.54, 1.807) is 6.08 Å². The minimum absolute atomic E-state index is 0.0430. The molecule has 0 spiro atoms. The number of H-pyrrole nitrogens is 1. The molecule has 0 aliphatic carbocycles. The van der Waals surface area contributed by atoms with Gasteiger partial charge >= 0.3 is 0 Å². The molecule has 0 saturated carbocycles. The van der Waals surface area contributed by atoms with Crippen molar-refractivity contribution in [1.29, 1.82) is 0 Å². The van der Waals surface area contributed by atoms with Crippen molar-refractivity contribution in [3.8, 4) is 5.75 Å². The smallest absolute Gasteiger partial charge is 0.213 e. The lowest BCUT2D eigenvalue weighted by atomic mass is 10.1. The second-order valence-electron chi connectivity index (χ2n) is 7.01. The third kappa shape index (κ3) is 3.62. The van der Waals surface area contributed by atoms with Crippen LogP contribution in [0.5, 0.6) is 5.75 Å². The Morgan fingerprint density at radius 1 is 1.30 bits per heavy atom. The molecule has 10 heteroatoms. The monoisotopic (exact) mass is 427 g/mol. The summed E-state index contributed by atoms with van der Waals surface area (Å²) in [7, 11) is -2.18. The molecule has 0 saturated heterocycles. The molecule has 1 atom stereocenters. The lowest BCUT2D eigenvalue weighted by molar-refractivity contribution is 0.354. The number of fused-ring (bicyclic) bond motifs is 1. The minimum atomic E-state index is -3.57. The van der Waals surface area contributed by atoms with Crippen LogP contribution in [0.4, 0.5) is 5.69 Å². The number of allylic oxidation sites excluding steroid dienone is 1. The van der Waals surface area contributed by atoms with Crippen LogP contribution in [0.2, 0.25) is 0 Å². The summed E-state index contributed by atoms with van der Waals surface area (Å²) < 4.78 is 37.7. The molecule has 2 aromatic carbocycles. The van der Waals surface area contributed by atoms with Crippen LogP contribution in [0.3, 0.4) is 0 Å². The number of nitrogens with one attached hydrogen (secondary N) is 3. The maximum absolute atomic E-state index is 12.1. The van der Waals surface area contributed by atoms with Gasteiger partial charge in [-0.15, -0.1) is 0 Å². The number of aryl methyl sites for hydroxylation is 1. The van der Waals surface area contributed by atoms with Gasteiger partial charge in [-0.25, -0.2) is 13.4 Å². The molecule has 1 unspecified atom stereocenters. The van der Waals surface area contributed by atoms with Crippen LogP contribution >= 0.6 is 0 Å². The number of aromatic nitrogens is 2. The van der Waals surface area contributed by atoms with E-state index in [1.165, 1.54) is 25.5 Å². The Balaban J connectivity index is 1.68. The number of rotatable bonds is 5. The third-order valence-electron chi connectivity index (χ3n) is 4.79. The molecule has 5 N–H and O–H groups in total. The number of nitrogens with zero attached hydrogens (tertiary/aromatic N) is 2. The Kier molecular flexibility index (Phi) is 4.44. The highest BCUT2D eigenvalue weighted by atomic mass is 32.2. The molecule has 1 aliphatic rings. The van der Waals surface area contributed by atoms with E-state index in [0.29, 0.717) is 5.82 Å². The second kappa shape index (κ2) is 7.15. The molecule has 156 valence electrons.